The maximum Gasteiger partial charge on any atom is 0.147 e. The third-order valence-electron chi connectivity index (χ3n) is 1.89. The van der Waals surface area contributed by atoms with Gasteiger partial charge in [-0.25, -0.2) is 0 Å². The molecule has 1 aliphatic carbocycles. The van der Waals surface area contributed by atoms with Gasteiger partial charge in [0, 0.05) is 5.57 Å². The second kappa shape index (κ2) is 3.28. The van der Waals surface area contributed by atoms with Crippen molar-refractivity contribution in [3.63, 3.8) is 0 Å². The molecule has 0 bridgehead atoms. The first kappa shape index (κ1) is 7.92. The summed E-state index contributed by atoms with van der Waals surface area (Å²) in [6, 6.07) is 0. The Balaban J connectivity index is 2.95. The normalized spacial score (nSPS) is 23.5. The van der Waals surface area contributed by atoms with Crippen molar-refractivity contribution in [1.29, 1.82) is 0 Å². The van der Waals surface area contributed by atoms with Crippen LogP contribution in [0.4, 0.5) is 0 Å². The van der Waals surface area contributed by atoms with Crippen LogP contribution in [0.15, 0.2) is 23.3 Å². The lowest BCUT2D eigenvalue weighted by Crippen LogP contribution is -2.09. The molecule has 0 aromatic heterocycles. The third kappa shape index (κ3) is 1.45. The van der Waals surface area contributed by atoms with Crippen LogP contribution in [0, 0.1) is 5.92 Å². The Labute approximate surface area is 65.6 Å². The molecule has 0 saturated carbocycles. The van der Waals surface area contributed by atoms with Crippen LogP contribution in [0.1, 0.15) is 13.3 Å². The van der Waals surface area contributed by atoms with E-state index >= 15 is 0 Å². The summed E-state index contributed by atoms with van der Waals surface area (Å²) in [5, 5.41) is 0. The number of carbonyl (C=O) groups excluding carboxylic acids is 2. The Hall–Kier alpha value is -1.18. The molecule has 11 heavy (non-hydrogen) atoms. The fourth-order valence-electron chi connectivity index (χ4n) is 1.20. The topological polar surface area (TPSA) is 34.1 Å². The van der Waals surface area contributed by atoms with E-state index in [1.165, 1.54) is 0 Å². The fourth-order valence-corrected chi connectivity index (χ4v) is 1.20. The molecule has 1 rings (SSSR count). The zero-order valence-electron chi connectivity index (χ0n) is 6.41. The maximum atomic E-state index is 10.5. The van der Waals surface area contributed by atoms with Gasteiger partial charge in [0.25, 0.3) is 0 Å². The van der Waals surface area contributed by atoms with Gasteiger partial charge in [-0.1, -0.05) is 17.7 Å². The highest BCUT2D eigenvalue weighted by Gasteiger charge is 2.14. The van der Waals surface area contributed by atoms with Crippen molar-refractivity contribution in [1.82, 2.24) is 0 Å². The quantitative estimate of drug-likeness (QED) is 0.439. The molecule has 0 fully saturated rings. The minimum atomic E-state index is -0.304. The number of allylic oxidation sites excluding steroid dienone is 4. The van der Waals surface area contributed by atoms with Crippen LogP contribution < -0.4 is 0 Å². The number of rotatable bonds is 2. The first-order chi connectivity index (χ1) is 5.29. The molecule has 0 amide bonds. The monoisotopic (exact) mass is 150 g/mol. The highest BCUT2D eigenvalue weighted by atomic mass is 16.1. The molecule has 0 radical (unpaired) electrons. The van der Waals surface area contributed by atoms with E-state index < -0.39 is 0 Å². The van der Waals surface area contributed by atoms with Crippen LogP contribution in [0.3, 0.4) is 0 Å². The lowest BCUT2D eigenvalue weighted by molar-refractivity contribution is -0.111. The van der Waals surface area contributed by atoms with Crippen LogP contribution in [-0.4, -0.2) is 12.6 Å². The predicted molar refractivity (Wildman–Crippen MR) is 42.1 cm³/mol. The lowest BCUT2D eigenvalue weighted by atomic mass is 9.90. The number of hydrogen-bond acceptors (Lipinski definition) is 2. The summed E-state index contributed by atoms with van der Waals surface area (Å²) < 4.78 is 0. The summed E-state index contributed by atoms with van der Waals surface area (Å²) in [5.74, 6) is -0.304. The second-order valence-corrected chi connectivity index (χ2v) is 2.65. The molecule has 1 atom stereocenters. The van der Waals surface area contributed by atoms with Crippen molar-refractivity contribution < 1.29 is 9.59 Å². The van der Waals surface area contributed by atoms with Crippen molar-refractivity contribution >= 4 is 12.6 Å². The van der Waals surface area contributed by atoms with E-state index in [4.69, 9.17) is 0 Å². The van der Waals surface area contributed by atoms with E-state index in [1.807, 2.05) is 13.0 Å². The van der Waals surface area contributed by atoms with Gasteiger partial charge < -0.3 is 4.79 Å². The van der Waals surface area contributed by atoms with Crippen LogP contribution in [-0.2, 0) is 9.59 Å². The molecule has 1 aliphatic rings. The molecular formula is C9H10O2. The van der Waals surface area contributed by atoms with Crippen LogP contribution in [0.5, 0.6) is 0 Å². The highest BCUT2D eigenvalue weighted by Crippen LogP contribution is 2.21. The van der Waals surface area contributed by atoms with E-state index in [1.54, 1.807) is 6.08 Å². The minimum Gasteiger partial charge on any atom is -0.302 e. The van der Waals surface area contributed by atoms with Crippen molar-refractivity contribution in [3.05, 3.63) is 23.3 Å². The van der Waals surface area contributed by atoms with Crippen LogP contribution in [0.25, 0.3) is 0 Å². The van der Waals surface area contributed by atoms with E-state index in [9.17, 15) is 9.59 Å². The molecule has 58 valence electrons. The average Bonchev–Trinajstić information content (AvgIpc) is 2.04. The molecule has 2 nitrogen and oxygen atoms in total. The Kier molecular flexibility index (Phi) is 2.36. The molecule has 0 aromatic carbocycles. The summed E-state index contributed by atoms with van der Waals surface area (Å²) >= 11 is 0. The fraction of sp³-hybridized carbons (Fsp3) is 0.333. The molecule has 0 aliphatic heterocycles. The Bertz CT molecular complexity index is 236. The van der Waals surface area contributed by atoms with Gasteiger partial charge in [-0.3, -0.25) is 4.79 Å². The molecule has 0 spiro atoms. The molecule has 0 heterocycles. The van der Waals surface area contributed by atoms with Gasteiger partial charge in [0.05, 0.1) is 5.92 Å². The van der Waals surface area contributed by atoms with Crippen molar-refractivity contribution in [2.24, 2.45) is 5.92 Å². The molecule has 0 N–H and O–H groups in total. The van der Waals surface area contributed by atoms with Crippen molar-refractivity contribution in [3.8, 4) is 0 Å². The second-order valence-electron chi connectivity index (χ2n) is 2.65. The molecule has 0 aromatic rings. The predicted octanol–water partition coefficient (Wildman–Crippen LogP) is 1.28. The standard InChI is InChI=1S/C9H10O2/c1-7-3-2-4-8(5-10)9(7)6-11/h2,4-6,8H,3H2,1H3. The number of carbonyl (C=O) groups is 2. The number of aldehydes is 2. The average molecular weight is 150 g/mol. The smallest absolute Gasteiger partial charge is 0.147 e. The van der Waals surface area contributed by atoms with E-state index in [0.717, 1.165) is 24.6 Å². The highest BCUT2D eigenvalue weighted by molar-refractivity contribution is 5.84. The summed E-state index contributed by atoms with van der Waals surface area (Å²) in [7, 11) is 0. The van der Waals surface area contributed by atoms with E-state index in [2.05, 4.69) is 0 Å². The van der Waals surface area contributed by atoms with Crippen molar-refractivity contribution in [2.45, 2.75) is 13.3 Å². The largest absolute Gasteiger partial charge is 0.302 e. The molecule has 2 heteroatoms. The maximum absolute atomic E-state index is 10.5. The molecule has 0 saturated heterocycles. The van der Waals surface area contributed by atoms with E-state index in [0.29, 0.717) is 5.57 Å². The van der Waals surface area contributed by atoms with Gasteiger partial charge in [-0.05, 0) is 13.3 Å². The van der Waals surface area contributed by atoms with Gasteiger partial charge in [-0.15, -0.1) is 0 Å². The first-order valence-corrected chi connectivity index (χ1v) is 3.56. The SMILES string of the molecule is CC1=C(C=O)C(C=O)C=CC1. The van der Waals surface area contributed by atoms with Gasteiger partial charge in [-0.2, -0.15) is 0 Å². The Morgan fingerprint density at radius 2 is 2.27 bits per heavy atom. The van der Waals surface area contributed by atoms with Gasteiger partial charge >= 0.3 is 0 Å². The zero-order chi connectivity index (χ0) is 8.27. The summed E-state index contributed by atoms with van der Waals surface area (Å²) in [6.07, 6.45) is 6.05. The zero-order valence-corrected chi connectivity index (χ0v) is 6.41. The van der Waals surface area contributed by atoms with Crippen LogP contribution in [0.2, 0.25) is 0 Å². The summed E-state index contributed by atoms with van der Waals surface area (Å²) in [4.78, 5) is 20.9. The minimum absolute atomic E-state index is 0.304. The first-order valence-electron chi connectivity index (χ1n) is 3.56. The Morgan fingerprint density at radius 1 is 1.55 bits per heavy atom. The summed E-state index contributed by atoms with van der Waals surface area (Å²) in [6.45, 7) is 1.88. The summed E-state index contributed by atoms with van der Waals surface area (Å²) in [5.41, 5.74) is 1.63. The third-order valence-corrected chi connectivity index (χ3v) is 1.89. The van der Waals surface area contributed by atoms with Gasteiger partial charge in [0.1, 0.15) is 12.6 Å². The van der Waals surface area contributed by atoms with Crippen molar-refractivity contribution in [2.75, 3.05) is 0 Å². The van der Waals surface area contributed by atoms with Crippen LogP contribution >= 0.6 is 0 Å². The number of hydrogen-bond donors (Lipinski definition) is 0. The van der Waals surface area contributed by atoms with Gasteiger partial charge in [0.2, 0.25) is 0 Å². The van der Waals surface area contributed by atoms with E-state index in [-0.39, 0.29) is 5.92 Å². The lowest BCUT2D eigenvalue weighted by Gasteiger charge is -2.12. The van der Waals surface area contributed by atoms with Gasteiger partial charge in [0.15, 0.2) is 0 Å². The molecule has 1 unspecified atom stereocenters. The molecular weight excluding hydrogens is 140 g/mol. The Morgan fingerprint density at radius 3 is 2.73 bits per heavy atom.